The lowest BCUT2D eigenvalue weighted by molar-refractivity contribution is -0.142. The van der Waals surface area contributed by atoms with Crippen molar-refractivity contribution in [1.82, 2.24) is 20.2 Å². The summed E-state index contributed by atoms with van der Waals surface area (Å²) in [7, 11) is 0. The highest BCUT2D eigenvalue weighted by Gasteiger charge is 2.34. The number of primary amides is 1. The van der Waals surface area contributed by atoms with Gasteiger partial charge in [-0.15, -0.1) is 0 Å². The molecule has 10 heteroatoms. The molecule has 0 saturated heterocycles. The van der Waals surface area contributed by atoms with Crippen molar-refractivity contribution in [2.45, 2.75) is 51.1 Å². The fourth-order valence-electron chi connectivity index (χ4n) is 5.29. The Morgan fingerprint density at radius 3 is 1.96 bits per heavy atom. The highest BCUT2D eigenvalue weighted by molar-refractivity contribution is 5.91. The Bertz CT molecular complexity index is 1720. The van der Waals surface area contributed by atoms with E-state index in [0.29, 0.717) is 30.9 Å². The van der Waals surface area contributed by atoms with Crippen LogP contribution >= 0.6 is 0 Å². The number of alkyl carbamates (subject to hydrolysis) is 1. The number of imidazole rings is 1. The molecule has 10 nitrogen and oxygen atoms in total. The first-order valence-electron chi connectivity index (χ1n) is 15.8. The zero-order chi connectivity index (χ0) is 33.6. The average molecular weight is 646 g/mol. The van der Waals surface area contributed by atoms with Crippen LogP contribution in [0.3, 0.4) is 0 Å². The summed E-state index contributed by atoms with van der Waals surface area (Å²) >= 11 is 0. The molecule has 3 amide bonds. The van der Waals surface area contributed by atoms with Crippen LogP contribution in [0.4, 0.5) is 4.79 Å². The van der Waals surface area contributed by atoms with Gasteiger partial charge in [0.1, 0.15) is 31.0 Å². The van der Waals surface area contributed by atoms with E-state index in [1.807, 2.05) is 115 Å². The second kappa shape index (κ2) is 17.1. The third-order valence-corrected chi connectivity index (χ3v) is 7.84. The molecular formula is C38H39N5O5. The summed E-state index contributed by atoms with van der Waals surface area (Å²) in [6.07, 6.45) is 3.20. The van der Waals surface area contributed by atoms with Gasteiger partial charge in [0.2, 0.25) is 11.8 Å². The topological polar surface area (TPSA) is 140 Å². The summed E-state index contributed by atoms with van der Waals surface area (Å²) in [5, 5.41) is 2.73. The lowest BCUT2D eigenvalue weighted by Gasteiger charge is -2.33. The summed E-state index contributed by atoms with van der Waals surface area (Å²) in [5.41, 5.74) is 10.2. The van der Waals surface area contributed by atoms with Crippen LogP contribution in [0.5, 0.6) is 5.75 Å². The molecule has 2 unspecified atom stereocenters. The molecule has 0 spiro atoms. The summed E-state index contributed by atoms with van der Waals surface area (Å²) in [6, 6.07) is 34.1. The van der Waals surface area contributed by atoms with Crippen LogP contribution < -0.4 is 15.8 Å². The van der Waals surface area contributed by atoms with E-state index in [1.54, 1.807) is 6.20 Å². The number of aromatic nitrogens is 2. The van der Waals surface area contributed by atoms with Crippen molar-refractivity contribution < 1.29 is 23.9 Å². The van der Waals surface area contributed by atoms with Gasteiger partial charge in [-0.2, -0.15) is 0 Å². The molecule has 5 aromatic rings. The standard InChI is InChI=1S/C38H39N5O5/c39-36(44)35(21-18-28-10-4-1-5-11-28)43(24-29-16-19-33(20-17-29)47-25-30-12-6-2-7-13-30)37(45)34(22-32-23-40-27-41-32)42-38(46)48-26-31-14-8-3-9-15-31/h1-17,19-20,23,27,34-35H,18,21-22,24-26H2,(H2,39,44)(H,40,41)(H,42,46). The monoisotopic (exact) mass is 645 g/mol. The van der Waals surface area contributed by atoms with Crippen LogP contribution in [0.1, 0.15) is 34.4 Å². The van der Waals surface area contributed by atoms with Crippen molar-refractivity contribution >= 4 is 17.9 Å². The number of nitrogens with two attached hydrogens (primary N) is 1. The number of rotatable bonds is 16. The fraction of sp³-hybridized carbons (Fsp3) is 0.211. The summed E-state index contributed by atoms with van der Waals surface area (Å²) < 4.78 is 11.4. The van der Waals surface area contributed by atoms with Crippen molar-refractivity contribution in [1.29, 1.82) is 0 Å². The lowest BCUT2D eigenvalue weighted by atomic mass is 10.0. The van der Waals surface area contributed by atoms with Crippen LogP contribution in [-0.4, -0.2) is 44.9 Å². The van der Waals surface area contributed by atoms with E-state index < -0.39 is 30.0 Å². The van der Waals surface area contributed by atoms with Gasteiger partial charge in [-0.05, 0) is 47.2 Å². The smallest absolute Gasteiger partial charge is 0.408 e. The number of carbonyl (C=O) groups is 3. The SMILES string of the molecule is NC(=O)C(CCc1ccccc1)N(Cc1ccc(OCc2ccccc2)cc1)C(=O)C(Cc1cnc[nH]1)NC(=O)OCc1ccccc1. The minimum absolute atomic E-state index is 0.0288. The predicted octanol–water partition coefficient (Wildman–Crippen LogP) is 5.34. The number of H-pyrrole nitrogens is 1. The molecular weight excluding hydrogens is 606 g/mol. The fourth-order valence-corrected chi connectivity index (χ4v) is 5.29. The zero-order valence-corrected chi connectivity index (χ0v) is 26.5. The number of hydrogen-bond acceptors (Lipinski definition) is 6. The Morgan fingerprint density at radius 1 is 0.771 bits per heavy atom. The molecule has 246 valence electrons. The number of carbonyl (C=O) groups excluding carboxylic acids is 3. The number of amides is 3. The first-order valence-corrected chi connectivity index (χ1v) is 15.8. The summed E-state index contributed by atoms with van der Waals surface area (Å²) in [4.78, 5) is 49.0. The molecule has 0 aliphatic carbocycles. The minimum atomic E-state index is -1.08. The van der Waals surface area contributed by atoms with Crippen LogP contribution in [0.15, 0.2) is 128 Å². The van der Waals surface area contributed by atoms with E-state index in [4.69, 9.17) is 15.2 Å². The highest BCUT2D eigenvalue weighted by atomic mass is 16.5. The Kier molecular flexibility index (Phi) is 11.9. The largest absolute Gasteiger partial charge is 0.489 e. The lowest BCUT2D eigenvalue weighted by Crippen LogP contribution is -2.55. The minimum Gasteiger partial charge on any atom is -0.489 e. The maximum absolute atomic E-state index is 14.5. The molecule has 4 aromatic carbocycles. The number of aromatic amines is 1. The Balaban J connectivity index is 1.37. The number of nitrogens with one attached hydrogen (secondary N) is 2. The Morgan fingerprint density at radius 2 is 1.38 bits per heavy atom. The number of nitrogens with zero attached hydrogens (tertiary/aromatic N) is 2. The summed E-state index contributed by atoms with van der Waals surface area (Å²) in [5.74, 6) is -0.465. The molecule has 0 radical (unpaired) electrons. The van der Waals surface area contributed by atoms with Gasteiger partial charge in [0, 0.05) is 24.9 Å². The van der Waals surface area contributed by atoms with Crippen molar-refractivity contribution in [3.05, 3.63) is 156 Å². The molecule has 1 heterocycles. The Hall–Kier alpha value is -5.90. The van der Waals surface area contributed by atoms with Crippen molar-refractivity contribution in [3.8, 4) is 5.75 Å². The normalized spacial score (nSPS) is 12.0. The molecule has 48 heavy (non-hydrogen) atoms. The molecule has 1 aromatic heterocycles. The first-order chi connectivity index (χ1) is 23.4. The third-order valence-electron chi connectivity index (χ3n) is 7.84. The molecule has 0 saturated carbocycles. The molecule has 2 atom stereocenters. The Labute approximate surface area is 279 Å². The van der Waals surface area contributed by atoms with E-state index in [2.05, 4.69) is 15.3 Å². The van der Waals surface area contributed by atoms with Gasteiger partial charge in [0.15, 0.2) is 0 Å². The van der Waals surface area contributed by atoms with Gasteiger partial charge in [-0.1, -0.05) is 103 Å². The van der Waals surface area contributed by atoms with Gasteiger partial charge in [0.25, 0.3) is 0 Å². The second-order valence-corrected chi connectivity index (χ2v) is 11.4. The summed E-state index contributed by atoms with van der Waals surface area (Å²) in [6.45, 7) is 0.511. The van der Waals surface area contributed by atoms with E-state index in [1.165, 1.54) is 11.2 Å². The van der Waals surface area contributed by atoms with Crippen molar-refractivity contribution in [2.24, 2.45) is 5.73 Å². The van der Waals surface area contributed by atoms with E-state index in [0.717, 1.165) is 22.3 Å². The molecule has 0 aliphatic rings. The zero-order valence-electron chi connectivity index (χ0n) is 26.5. The van der Waals surface area contributed by atoms with Crippen LogP contribution in [0.2, 0.25) is 0 Å². The van der Waals surface area contributed by atoms with Gasteiger partial charge >= 0.3 is 6.09 Å². The van der Waals surface area contributed by atoms with Crippen molar-refractivity contribution in [3.63, 3.8) is 0 Å². The maximum Gasteiger partial charge on any atom is 0.408 e. The third kappa shape index (κ3) is 10.1. The maximum atomic E-state index is 14.5. The van der Waals surface area contributed by atoms with Crippen LogP contribution in [0.25, 0.3) is 0 Å². The number of ether oxygens (including phenoxy) is 2. The first kappa shape index (κ1) is 33.5. The van der Waals surface area contributed by atoms with Gasteiger partial charge in [-0.25, -0.2) is 9.78 Å². The highest BCUT2D eigenvalue weighted by Crippen LogP contribution is 2.20. The van der Waals surface area contributed by atoms with Crippen LogP contribution in [-0.2, 0) is 46.9 Å². The molecule has 0 aliphatic heterocycles. The van der Waals surface area contributed by atoms with Gasteiger partial charge in [0.05, 0.1) is 6.33 Å². The van der Waals surface area contributed by atoms with Crippen molar-refractivity contribution in [2.75, 3.05) is 0 Å². The second-order valence-electron chi connectivity index (χ2n) is 11.4. The van der Waals surface area contributed by atoms with E-state index in [9.17, 15) is 14.4 Å². The van der Waals surface area contributed by atoms with Gasteiger partial charge < -0.3 is 30.4 Å². The van der Waals surface area contributed by atoms with Crippen LogP contribution in [0, 0.1) is 0 Å². The quantitative estimate of drug-likeness (QED) is 0.132. The molecule has 0 fully saturated rings. The average Bonchev–Trinajstić information content (AvgIpc) is 3.64. The van der Waals surface area contributed by atoms with Gasteiger partial charge in [-0.3, -0.25) is 9.59 Å². The predicted molar refractivity (Wildman–Crippen MR) is 181 cm³/mol. The number of hydrogen-bond donors (Lipinski definition) is 3. The number of aryl methyl sites for hydroxylation is 1. The molecule has 4 N–H and O–H groups in total. The molecule has 5 rings (SSSR count). The van der Waals surface area contributed by atoms with E-state index >= 15 is 0 Å². The molecule has 0 bridgehead atoms. The van der Waals surface area contributed by atoms with E-state index in [-0.39, 0.29) is 19.6 Å². The number of benzene rings is 4.